The maximum atomic E-state index is 11.1. The Bertz CT molecular complexity index is 335. The van der Waals surface area contributed by atoms with Crippen LogP contribution in [0.2, 0.25) is 0 Å². The van der Waals surface area contributed by atoms with Crippen molar-refractivity contribution >= 4 is 5.97 Å². The van der Waals surface area contributed by atoms with Crippen LogP contribution in [-0.4, -0.2) is 13.1 Å². The molecule has 16 heavy (non-hydrogen) atoms. The standard InChI is InChI=1S/C14H22O2/c1-10-6-7-11(2)14(3,4)12(10)8-9-13(15)16-5/h8-9,11H,6-7H2,1-5H3/b9-8+. The zero-order valence-corrected chi connectivity index (χ0v) is 11.0. The van der Waals surface area contributed by atoms with E-state index in [0.29, 0.717) is 5.92 Å². The van der Waals surface area contributed by atoms with Crippen molar-refractivity contribution in [1.29, 1.82) is 0 Å². The van der Waals surface area contributed by atoms with Gasteiger partial charge in [0.25, 0.3) is 0 Å². The highest BCUT2D eigenvalue weighted by Gasteiger charge is 2.33. The molecule has 1 aliphatic carbocycles. The highest BCUT2D eigenvalue weighted by molar-refractivity contribution is 5.82. The molecule has 1 aliphatic rings. The van der Waals surface area contributed by atoms with Gasteiger partial charge >= 0.3 is 5.97 Å². The van der Waals surface area contributed by atoms with Crippen LogP contribution in [0.5, 0.6) is 0 Å². The summed E-state index contributed by atoms with van der Waals surface area (Å²) < 4.78 is 4.62. The molecule has 0 bridgehead atoms. The molecular formula is C14H22O2. The normalized spacial score (nSPS) is 24.9. The van der Waals surface area contributed by atoms with Crippen LogP contribution in [0.15, 0.2) is 23.3 Å². The van der Waals surface area contributed by atoms with Crippen molar-refractivity contribution in [3.63, 3.8) is 0 Å². The van der Waals surface area contributed by atoms with E-state index in [9.17, 15) is 4.79 Å². The number of hydrogen-bond acceptors (Lipinski definition) is 2. The largest absolute Gasteiger partial charge is 0.466 e. The molecule has 0 aromatic heterocycles. The van der Waals surface area contributed by atoms with Crippen LogP contribution in [0.1, 0.15) is 40.5 Å². The molecule has 90 valence electrons. The van der Waals surface area contributed by atoms with Gasteiger partial charge in [0.05, 0.1) is 7.11 Å². The third-order valence-electron chi connectivity index (χ3n) is 3.93. The zero-order valence-electron chi connectivity index (χ0n) is 11.0. The summed E-state index contributed by atoms with van der Waals surface area (Å²) in [6.07, 6.45) is 5.81. The third kappa shape index (κ3) is 2.55. The van der Waals surface area contributed by atoms with Gasteiger partial charge in [-0.3, -0.25) is 0 Å². The smallest absolute Gasteiger partial charge is 0.330 e. The Labute approximate surface area is 98.4 Å². The van der Waals surface area contributed by atoms with Gasteiger partial charge in [-0.1, -0.05) is 32.4 Å². The van der Waals surface area contributed by atoms with E-state index in [1.165, 1.54) is 30.8 Å². The van der Waals surface area contributed by atoms with Crippen molar-refractivity contribution in [2.45, 2.75) is 40.5 Å². The molecule has 2 heteroatoms. The maximum Gasteiger partial charge on any atom is 0.330 e. The van der Waals surface area contributed by atoms with E-state index in [4.69, 9.17) is 0 Å². The van der Waals surface area contributed by atoms with Gasteiger partial charge in [-0.15, -0.1) is 0 Å². The lowest BCUT2D eigenvalue weighted by Crippen LogP contribution is -2.28. The number of hydrogen-bond donors (Lipinski definition) is 0. The van der Waals surface area contributed by atoms with Crippen LogP contribution in [0, 0.1) is 11.3 Å². The first-order valence-corrected chi connectivity index (χ1v) is 5.86. The van der Waals surface area contributed by atoms with Crippen molar-refractivity contribution in [2.24, 2.45) is 11.3 Å². The van der Waals surface area contributed by atoms with Crippen molar-refractivity contribution in [2.75, 3.05) is 7.11 Å². The van der Waals surface area contributed by atoms with Gasteiger partial charge in [-0.05, 0) is 36.7 Å². The van der Waals surface area contributed by atoms with Crippen LogP contribution < -0.4 is 0 Å². The second kappa shape index (κ2) is 4.86. The van der Waals surface area contributed by atoms with Crippen LogP contribution in [-0.2, 0) is 9.53 Å². The van der Waals surface area contributed by atoms with E-state index in [2.05, 4.69) is 32.4 Å². The number of rotatable bonds is 2. The lowest BCUT2D eigenvalue weighted by atomic mass is 9.66. The second-order valence-corrected chi connectivity index (χ2v) is 5.21. The zero-order chi connectivity index (χ0) is 12.3. The first-order valence-electron chi connectivity index (χ1n) is 5.86. The van der Waals surface area contributed by atoms with E-state index >= 15 is 0 Å². The molecule has 0 N–H and O–H groups in total. The summed E-state index contributed by atoms with van der Waals surface area (Å²) in [5.74, 6) is 0.364. The molecule has 0 radical (unpaired) electrons. The molecule has 0 heterocycles. The Balaban J connectivity index is 2.99. The molecule has 0 aromatic rings. The minimum absolute atomic E-state index is 0.146. The van der Waals surface area contributed by atoms with Gasteiger partial charge in [0.1, 0.15) is 0 Å². The second-order valence-electron chi connectivity index (χ2n) is 5.21. The van der Waals surface area contributed by atoms with Gasteiger partial charge in [0.2, 0.25) is 0 Å². The average Bonchev–Trinajstić information content (AvgIpc) is 2.23. The predicted molar refractivity (Wildman–Crippen MR) is 66.0 cm³/mol. The van der Waals surface area contributed by atoms with Crippen LogP contribution in [0.25, 0.3) is 0 Å². The highest BCUT2D eigenvalue weighted by Crippen LogP contribution is 2.44. The van der Waals surface area contributed by atoms with E-state index in [0.717, 1.165) is 6.42 Å². The molecule has 0 fully saturated rings. The van der Waals surface area contributed by atoms with E-state index in [-0.39, 0.29) is 11.4 Å². The molecule has 0 spiro atoms. The number of ether oxygens (including phenoxy) is 1. The fourth-order valence-electron chi connectivity index (χ4n) is 2.32. The highest BCUT2D eigenvalue weighted by atomic mass is 16.5. The van der Waals surface area contributed by atoms with Crippen LogP contribution in [0.3, 0.4) is 0 Å². The summed E-state index contributed by atoms with van der Waals surface area (Å²) in [6, 6.07) is 0. The number of carbonyl (C=O) groups excluding carboxylic acids is 1. The van der Waals surface area contributed by atoms with E-state index in [1.54, 1.807) is 0 Å². The van der Waals surface area contributed by atoms with Gasteiger partial charge in [-0.2, -0.15) is 0 Å². The summed E-state index contributed by atoms with van der Waals surface area (Å²) in [7, 11) is 1.41. The molecule has 0 amide bonds. The minimum atomic E-state index is -0.283. The molecule has 1 unspecified atom stereocenters. The molecule has 2 nitrogen and oxygen atoms in total. The quantitative estimate of drug-likeness (QED) is 0.528. The van der Waals surface area contributed by atoms with Crippen LogP contribution >= 0.6 is 0 Å². The topological polar surface area (TPSA) is 26.3 Å². The molecule has 0 saturated carbocycles. The average molecular weight is 222 g/mol. The van der Waals surface area contributed by atoms with E-state index in [1.807, 2.05) is 6.08 Å². The fourth-order valence-corrected chi connectivity index (χ4v) is 2.32. The SMILES string of the molecule is COC(=O)/C=C/C1=C(C)CCC(C)C1(C)C. The Morgan fingerprint density at radius 3 is 2.69 bits per heavy atom. The summed E-state index contributed by atoms with van der Waals surface area (Å²) in [4.78, 5) is 11.1. The lowest BCUT2D eigenvalue weighted by Gasteiger charge is -2.39. The van der Waals surface area contributed by atoms with Gasteiger partial charge in [-0.25, -0.2) is 4.79 Å². The molecule has 0 aliphatic heterocycles. The lowest BCUT2D eigenvalue weighted by molar-refractivity contribution is -0.134. The number of carbonyl (C=O) groups is 1. The maximum absolute atomic E-state index is 11.1. The number of methoxy groups -OCH3 is 1. The number of esters is 1. The summed E-state index contributed by atoms with van der Waals surface area (Å²) in [5.41, 5.74) is 2.83. The Hall–Kier alpha value is -1.05. The Kier molecular flexibility index (Phi) is 3.95. The van der Waals surface area contributed by atoms with Crippen molar-refractivity contribution < 1.29 is 9.53 Å². The molecule has 0 saturated heterocycles. The Morgan fingerprint density at radius 2 is 2.12 bits per heavy atom. The van der Waals surface area contributed by atoms with Gasteiger partial charge in [0, 0.05) is 6.08 Å². The number of allylic oxidation sites excluding steroid dienone is 3. The summed E-state index contributed by atoms with van der Waals surface area (Å²) in [6.45, 7) is 8.93. The molecule has 1 atom stereocenters. The van der Waals surface area contributed by atoms with Crippen molar-refractivity contribution in [3.05, 3.63) is 23.3 Å². The summed E-state index contributed by atoms with van der Waals surface area (Å²) >= 11 is 0. The van der Waals surface area contributed by atoms with Gasteiger partial charge in [0.15, 0.2) is 0 Å². The molecule has 1 rings (SSSR count). The first-order chi connectivity index (χ1) is 7.39. The molecular weight excluding hydrogens is 200 g/mol. The fraction of sp³-hybridized carbons (Fsp3) is 0.643. The minimum Gasteiger partial charge on any atom is -0.466 e. The van der Waals surface area contributed by atoms with Crippen LogP contribution in [0.4, 0.5) is 0 Å². The first kappa shape index (κ1) is 13.0. The monoisotopic (exact) mass is 222 g/mol. The predicted octanol–water partition coefficient (Wildman–Crippen LogP) is 3.49. The Morgan fingerprint density at radius 1 is 1.50 bits per heavy atom. The summed E-state index contributed by atoms with van der Waals surface area (Å²) in [5, 5.41) is 0. The van der Waals surface area contributed by atoms with Crippen molar-refractivity contribution in [3.8, 4) is 0 Å². The third-order valence-corrected chi connectivity index (χ3v) is 3.93. The molecule has 0 aromatic carbocycles. The van der Waals surface area contributed by atoms with Crippen molar-refractivity contribution in [1.82, 2.24) is 0 Å². The van der Waals surface area contributed by atoms with E-state index < -0.39 is 0 Å². The van der Waals surface area contributed by atoms with Gasteiger partial charge < -0.3 is 4.74 Å².